The van der Waals surface area contributed by atoms with E-state index in [-0.39, 0.29) is 0 Å². The summed E-state index contributed by atoms with van der Waals surface area (Å²) in [6.07, 6.45) is 1.43. The van der Waals surface area contributed by atoms with Gasteiger partial charge in [0.1, 0.15) is 0 Å². The zero-order chi connectivity index (χ0) is 16.6. The molecular weight excluding hydrogens is 335 g/mol. The van der Waals surface area contributed by atoms with E-state index in [1.165, 1.54) is 16.8 Å². The molecule has 4 nitrogen and oxygen atoms in total. The number of H-pyrrole nitrogens is 1. The summed E-state index contributed by atoms with van der Waals surface area (Å²) in [6, 6.07) is 12.2. The first-order chi connectivity index (χ1) is 11.0. The fourth-order valence-electron chi connectivity index (χ4n) is 2.33. The largest absolute Gasteiger partial charge is 0.332 e. The Morgan fingerprint density at radius 2 is 1.65 bits per heavy atom. The number of nitrogens with zero attached hydrogens (tertiary/aromatic N) is 1. The van der Waals surface area contributed by atoms with Gasteiger partial charge in [-0.2, -0.15) is 0 Å². The second-order valence-corrected chi connectivity index (χ2v) is 5.87. The van der Waals surface area contributed by atoms with Gasteiger partial charge < -0.3 is 0 Å². The number of aromatic amines is 1. The van der Waals surface area contributed by atoms with E-state index in [0.717, 1.165) is 16.7 Å². The summed E-state index contributed by atoms with van der Waals surface area (Å²) in [5.41, 5.74) is 2.26. The van der Waals surface area contributed by atoms with Crippen molar-refractivity contribution in [3.8, 4) is 16.8 Å². The predicted molar refractivity (Wildman–Crippen MR) is 92.9 cm³/mol. The van der Waals surface area contributed by atoms with E-state index >= 15 is 0 Å². The molecule has 0 saturated heterocycles. The SMILES string of the molecule is Cc1ccc(Cl)c(-c2ccc(-n3ccc(=O)[nH]c3=O)cc2)c1Cl. The molecule has 0 fully saturated rings. The Hall–Kier alpha value is -2.30. The molecule has 0 aliphatic carbocycles. The van der Waals surface area contributed by atoms with Crippen LogP contribution in [0.5, 0.6) is 0 Å². The van der Waals surface area contributed by atoms with Gasteiger partial charge in [-0.25, -0.2) is 4.79 Å². The van der Waals surface area contributed by atoms with E-state index in [9.17, 15) is 9.59 Å². The molecule has 0 bridgehead atoms. The van der Waals surface area contributed by atoms with Crippen molar-refractivity contribution in [3.63, 3.8) is 0 Å². The van der Waals surface area contributed by atoms with Crippen LogP contribution in [-0.4, -0.2) is 9.55 Å². The number of hydrogen-bond donors (Lipinski definition) is 1. The summed E-state index contributed by atoms with van der Waals surface area (Å²) >= 11 is 12.6. The van der Waals surface area contributed by atoms with Crippen LogP contribution in [0.3, 0.4) is 0 Å². The fraction of sp³-hybridized carbons (Fsp3) is 0.0588. The van der Waals surface area contributed by atoms with Gasteiger partial charge in [-0.15, -0.1) is 0 Å². The normalized spacial score (nSPS) is 10.7. The molecule has 0 atom stereocenters. The number of halogens is 2. The van der Waals surface area contributed by atoms with E-state index in [1.54, 1.807) is 18.2 Å². The standard InChI is InChI=1S/C17H12Cl2N2O2/c1-10-2-7-13(18)15(16(10)19)11-3-5-12(6-4-11)21-9-8-14(22)20-17(21)23/h2-9H,1H3,(H,20,22,23). The van der Waals surface area contributed by atoms with Crippen LogP contribution in [0.15, 0.2) is 58.3 Å². The molecule has 1 aromatic heterocycles. The van der Waals surface area contributed by atoms with Crippen LogP contribution >= 0.6 is 23.2 Å². The maximum atomic E-state index is 11.8. The van der Waals surface area contributed by atoms with Gasteiger partial charge >= 0.3 is 5.69 Å². The van der Waals surface area contributed by atoms with Gasteiger partial charge in [0, 0.05) is 22.8 Å². The molecule has 0 aliphatic rings. The average Bonchev–Trinajstić information content (AvgIpc) is 2.52. The van der Waals surface area contributed by atoms with Crippen molar-refractivity contribution in [1.29, 1.82) is 0 Å². The first-order valence-corrected chi connectivity index (χ1v) is 7.60. The molecule has 0 unspecified atom stereocenters. The zero-order valence-electron chi connectivity index (χ0n) is 12.1. The highest BCUT2D eigenvalue weighted by atomic mass is 35.5. The molecular formula is C17H12Cl2N2O2. The van der Waals surface area contributed by atoms with E-state index in [0.29, 0.717) is 15.7 Å². The van der Waals surface area contributed by atoms with Crippen molar-refractivity contribution in [2.75, 3.05) is 0 Å². The molecule has 2 aromatic carbocycles. The second kappa shape index (κ2) is 6.07. The molecule has 116 valence electrons. The Kier molecular flexibility index (Phi) is 4.11. The van der Waals surface area contributed by atoms with Gasteiger partial charge in [0.25, 0.3) is 5.56 Å². The number of hydrogen-bond acceptors (Lipinski definition) is 2. The van der Waals surface area contributed by atoms with Gasteiger partial charge in [0.05, 0.1) is 10.7 Å². The van der Waals surface area contributed by atoms with Crippen LogP contribution in [0.4, 0.5) is 0 Å². The van der Waals surface area contributed by atoms with Gasteiger partial charge in [-0.05, 0) is 36.2 Å². The maximum absolute atomic E-state index is 11.8. The third-order valence-electron chi connectivity index (χ3n) is 3.54. The van der Waals surface area contributed by atoms with Crippen LogP contribution in [0.2, 0.25) is 10.0 Å². The molecule has 3 rings (SSSR count). The van der Waals surface area contributed by atoms with Crippen molar-refractivity contribution >= 4 is 23.2 Å². The van der Waals surface area contributed by atoms with Gasteiger partial charge in [0.15, 0.2) is 0 Å². The predicted octanol–water partition coefficient (Wildman–Crippen LogP) is 3.81. The van der Waals surface area contributed by atoms with E-state index < -0.39 is 11.2 Å². The molecule has 23 heavy (non-hydrogen) atoms. The topological polar surface area (TPSA) is 54.9 Å². The Morgan fingerprint density at radius 1 is 0.957 bits per heavy atom. The summed E-state index contributed by atoms with van der Waals surface area (Å²) in [7, 11) is 0. The summed E-state index contributed by atoms with van der Waals surface area (Å²) in [4.78, 5) is 25.2. The highest BCUT2D eigenvalue weighted by Gasteiger charge is 2.11. The number of rotatable bonds is 2. The third kappa shape index (κ3) is 2.96. The maximum Gasteiger partial charge on any atom is 0.332 e. The highest BCUT2D eigenvalue weighted by molar-refractivity contribution is 6.39. The number of aryl methyl sites for hydroxylation is 1. The van der Waals surface area contributed by atoms with E-state index in [2.05, 4.69) is 4.98 Å². The van der Waals surface area contributed by atoms with Crippen molar-refractivity contribution in [1.82, 2.24) is 9.55 Å². The summed E-state index contributed by atoms with van der Waals surface area (Å²) < 4.78 is 1.35. The average molecular weight is 347 g/mol. The minimum absolute atomic E-state index is 0.429. The lowest BCUT2D eigenvalue weighted by Crippen LogP contribution is -2.27. The first kappa shape index (κ1) is 15.6. The van der Waals surface area contributed by atoms with Gasteiger partial charge in [-0.3, -0.25) is 14.3 Å². The molecule has 1 N–H and O–H groups in total. The second-order valence-electron chi connectivity index (χ2n) is 5.08. The summed E-state index contributed by atoms with van der Waals surface area (Å²) in [5.74, 6) is 0. The van der Waals surface area contributed by atoms with Gasteiger partial charge in [-0.1, -0.05) is 41.4 Å². The smallest absolute Gasteiger partial charge is 0.274 e. The molecule has 3 aromatic rings. The lowest BCUT2D eigenvalue weighted by Gasteiger charge is -2.11. The number of nitrogens with one attached hydrogen (secondary N) is 1. The van der Waals surface area contributed by atoms with E-state index in [4.69, 9.17) is 23.2 Å². The zero-order valence-corrected chi connectivity index (χ0v) is 13.7. The van der Waals surface area contributed by atoms with Crippen LogP contribution in [0, 0.1) is 6.92 Å². The van der Waals surface area contributed by atoms with Crippen LogP contribution in [-0.2, 0) is 0 Å². The molecule has 0 amide bonds. The van der Waals surface area contributed by atoms with Crippen molar-refractivity contribution in [2.45, 2.75) is 6.92 Å². The Labute approximate surface area is 141 Å². The lowest BCUT2D eigenvalue weighted by atomic mass is 10.0. The molecule has 0 spiro atoms. The molecule has 0 aliphatic heterocycles. The van der Waals surface area contributed by atoms with Gasteiger partial charge in [0.2, 0.25) is 0 Å². The lowest BCUT2D eigenvalue weighted by molar-refractivity contribution is 0.896. The molecule has 0 radical (unpaired) electrons. The fourth-order valence-corrected chi connectivity index (χ4v) is 2.92. The van der Waals surface area contributed by atoms with Crippen LogP contribution in [0.25, 0.3) is 16.8 Å². The van der Waals surface area contributed by atoms with Crippen molar-refractivity contribution in [3.05, 3.63) is 85.1 Å². The van der Waals surface area contributed by atoms with Crippen molar-refractivity contribution in [2.24, 2.45) is 0 Å². The van der Waals surface area contributed by atoms with Crippen LogP contribution < -0.4 is 11.2 Å². The Bertz CT molecular complexity index is 989. The Balaban J connectivity index is 2.09. The molecule has 1 heterocycles. The van der Waals surface area contributed by atoms with Crippen LogP contribution in [0.1, 0.15) is 5.56 Å². The van der Waals surface area contributed by atoms with E-state index in [1.807, 2.05) is 25.1 Å². The first-order valence-electron chi connectivity index (χ1n) is 6.85. The number of benzene rings is 2. The minimum Gasteiger partial charge on any atom is -0.274 e. The molecule has 0 saturated carbocycles. The number of aromatic nitrogens is 2. The monoisotopic (exact) mass is 346 g/mol. The third-order valence-corrected chi connectivity index (χ3v) is 4.34. The Morgan fingerprint density at radius 3 is 2.30 bits per heavy atom. The highest BCUT2D eigenvalue weighted by Crippen LogP contribution is 2.36. The molecule has 6 heteroatoms. The summed E-state index contributed by atoms with van der Waals surface area (Å²) in [6.45, 7) is 1.91. The quantitative estimate of drug-likeness (QED) is 0.766. The minimum atomic E-state index is -0.489. The summed E-state index contributed by atoms with van der Waals surface area (Å²) in [5, 5.41) is 1.17. The van der Waals surface area contributed by atoms with Crippen molar-refractivity contribution < 1.29 is 0 Å².